The minimum absolute atomic E-state index is 0.528. The fourth-order valence-electron chi connectivity index (χ4n) is 3.05. The lowest BCUT2D eigenvalue weighted by Crippen LogP contribution is -2.15. The van der Waals surface area contributed by atoms with Gasteiger partial charge in [-0.3, -0.25) is 0 Å². The molecule has 150 valence electrons. The number of hydrogen-bond donors (Lipinski definition) is 1. The normalized spacial score (nSPS) is 12.2. The van der Waals surface area contributed by atoms with E-state index in [9.17, 15) is 0 Å². The number of aromatic nitrogens is 2. The molecule has 2 heterocycles. The summed E-state index contributed by atoms with van der Waals surface area (Å²) in [6, 6.07) is 11.1. The summed E-state index contributed by atoms with van der Waals surface area (Å²) in [7, 11) is 4.72. The van der Waals surface area contributed by atoms with Crippen LogP contribution in [-0.4, -0.2) is 44.5 Å². The summed E-state index contributed by atoms with van der Waals surface area (Å²) < 4.78 is 27.4. The topological polar surface area (TPSA) is 84.0 Å². The molecule has 0 spiro atoms. The van der Waals surface area contributed by atoms with Crippen LogP contribution in [0.5, 0.6) is 28.7 Å². The highest BCUT2D eigenvalue weighted by molar-refractivity contribution is 5.68. The Kier molecular flexibility index (Phi) is 5.24. The Balaban J connectivity index is 1.63. The number of fused-ring (bicyclic) bond motifs is 1. The molecule has 0 saturated heterocycles. The lowest BCUT2D eigenvalue weighted by molar-refractivity contribution is 0.171. The van der Waals surface area contributed by atoms with Crippen LogP contribution in [0.25, 0.3) is 11.4 Å². The van der Waals surface area contributed by atoms with E-state index in [1.165, 1.54) is 0 Å². The predicted octanol–water partition coefficient (Wildman–Crippen LogP) is 3.68. The Labute approximate surface area is 168 Å². The van der Waals surface area contributed by atoms with Crippen LogP contribution in [-0.2, 0) is 0 Å². The number of rotatable bonds is 6. The number of nitrogens with one attached hydrogen (secondary N) is 1. The Morgan fingerprint density at radius 2 is 1.59 bits per heavy atom. The van der Waals surface area contributed by atoms with Gasteiger partial charge in [-0.05, 0) is 24.3 Å². The molecule has 2 aromatic carbocycles. The summed E-state index contributed by atoms with van der Waals surface area (Å²) in [5.74, 6) is 4.25. The standard InChI is InChI=1S/C21H21N3O5/c1-25-17-11-14(12-18(26-2)20(17)27-3)23-19-6-7-22-21(24-19)13-4-5-15-16(10-13)29-9-8-28-15/h4-7,10-12H,8-9H2,1-3H3,(H,22,23,24). The molecule has 3 aromatic rings. The number of benzene rings is 2. The fraction of sp³-hybridized carbons (Fsp3) is 0.238. The van der Waals surface area contributed by atoms with Gasteiger partial charge < -0.3 is 29.0 Å². The van der Waals surface area contributed by atoms with Crippen molar-refractivity contribution in [1.82, 2.24) is 9.97 Å². The third-order valence-electron chi connectivity index (χ3n) is 4.39. The second-order valence-corrected chi connectivity index (χ2v) is 6.16. The van der Waals surface area contributed by atoms with Crippen LogP contribution >= 0.6 is 0 Å². The van der Waals surface area contributed by atoms with Gasteiger partial charge in [0.1, 0.15) is 19.0 Å². The van der Waals surface area contributed by atoms with Crippen molar-refractivity contribution in [2.24, 2.45) is 0 Å². The zero-order valence-electron chi connectivity index (χ0n) is 16.4. The molecule has 0 unspecified atom stereocenters. The molecule has 0 saturated carbocycles. The number of anilines is 2. The summed E-state index contributed by atoms with van der Waals surface area (Å²) in [4.78, 5) is 8.99. The zero-order valence-corrected chi connectivity index (χ0v) is 16.4. The van der Waals surface area contributed by atoms with Gasteiger partial charge in [0.05, 0.1) is 21.3 Å². The Bertz CT molecular complexity index is 1000. The second-order valence-electron chi connectivity index (χ2n) is 6.16. The number of nitrogens with zero attached hydrogens (tertiary/aromatic N) is 2. The molecule has 0 aliphatic carbocycles. The Morgan fingerprint density at radius 3 is 2.28 bits per heavy atom. The van der Waals surface area contributed by atoms with Gasteiger partial charge in [0.25, 0.3) is 0 Å². The highest BCUT2D eigenvalue weighted by Crippen LogP contribution is 2.40. The van der Waals surface area contributed by atoms with Crippen molar-refractivity contribution in [3.8, 4) is 40.1 Å². The molecule has 0 radical (unpaired) electrons. The molecular weight excluding hydrogens is 374 g/mol. The van der Waals surface area contributed by atoms with Gasteiger partial charge in [0.15, 0.2) is 28.8 Å². The lowest BCUT2D eigenvalue weighted by Gasteiger charge is -2.18. The quantitative estimate of drug-likeness (QED) is 0.677. The first-order chi connectivity index (χ1) is 14.2. The molecule has 1 N–H and O–H groups in total. The van der Waals surface area contributed by atoms with E-state index in [-0.39, 0.29) is 0 Å². The van der Waals surface area contributed by atoms with E-state index in [1.807, 2.05) is 30.3 Å². The summed E-state index contributed by atoms with van der Waals surface area (Å²) in [6.45, 7) is 1.08. The molecule has 1 aromatic heterocycles. The average Bonchev–Trinajstić information content (AvgIpc) is 2.78. The van der Waals surface area contributed by atoms with E-state index < -0.39 is 0 Å². The van der Waals surface area contributed by atoms with Crippen molar-refractivity contribution < 1.29 is 23.7 Å². The maximum absolute atomic E-state index is 5.65. The fourth-order valence-corrected chi connectivity index (χ4v) is 3.05. The summed E-state index contributed by atoms with van der Waals surface area (Å²) >= 11 is 0. The van der Waals surface area contributed by atoms with Crippen molar-refractivity contribution in [3.05, 3.63) is 42.6 Å². The van der Waals surface area contributed by atoms with Gasteiger partial charge in [-0.25, -0.2) is 9.97 Å². The Morgan fingerprint density at radius 1 is 0.862 bits per heavy atom. The van der Waals surface area contributed by atoms with E-state index in [1.54, 1.807) is 33.6 Å². The lowest BCUT2D eigenvalue weighted by atomic mass is 10.2. The van der Waals surface area contributed by atoms with Crippen LogP contribution in [0.4, 0.5) is 11.5 Å². The van der Waals surface area contributed by atoms with Gasteiger partial charge in [0, 0.05) is 29.6 Å². The minimum Gasteiger partial charge on any atom is -0.493 e. The van der Waals surface area contributed by atoms with Gasteiger partial charge in [-0.15, -0.1) is 0 Å². The molecule has 29 heavy (non-hydrogen) atoms. The Hall–Kier alpha value is -3.68. The number of ether oxygens (including phenoxy) is 5. The second kappa shape index (κ2) is 8.14. The minimum atomic E-state index is 0.528. The van der Waals surface area contributed by atoms with Crippen LogP contribution < -0.4 is 29.0 Å². The molecule has 1 aliphatic rings. The number of methoxy groups -OCH3 is 3. The molecule has 1 aliphatic heterocycles. The van der Waals surface area contributed by atoms with Gasteiger partial charge in [-0.1, -0.05) is 0 Å². The smallest absolute Gasteiger partial charge is 0.203 e. The van der Waals surface area contributed by atoms with Gasteiger partial charge >= 0.3 is 0 Å². The van der Waals surface area contributed by atoms with E-state index in [0.717, 1.165) is 17.0 Å². The molecule has 0 atom stereocenters. The summed E-state index contributed by atoms with van der Waals surface area (Å²) in [5.41, 5.74) is 1.58. The van der Waals surface area contributed by atoms with Crippen LogP contribution in [0.3, 0.4) is 0 Å². The first kappa shape index (κ1) is 18.7. The summed E-state index contributed by atoms with van der Waals surface area (Å²) in [6.07, 6.45) is 1.69. The molecular formula is C21H21N3O5. The van der Waals surface area contributed by atoms with E-state index in [0.29, 0.717) is 47.9 Å². The molecule has 0 bridgehead atoms. The van der Waals surface area contributed by atoms with E-state index in [2.05, 4.69) is 15.3 Å². The maximum Gasteiger partial charge on any atom is 0.203 e. The average molecular weight is 395 g/mol. The third-order valence-corrected chi connectivity index (χ3v) is 4.39. The largest absolute Gasteiger partial charge is 0.493 e. The highest BCUT2D eigenvalue weighted by Gasteiger charge is 2.15. The van der Waals surface area contributed by atoms with Crippen molar-refractivity contribution >= 4 is 11.5 Å². The van der Waals surface area contributed by atoms with Crippen molar-refractivity contribution in [1.29, 1.82) is 0 Å². The van der Waals surface area contributed by atoms with Gasteiger partial charge in [-0.2, -0.15) is 0 Å². The molecule has 0 fully saturated rings. The van der Waals surface area contributed by atoms with Crippen molar-refractivity contribution in [2.45, 2.75) is 0 Å². The number of hydrogen-bond acceptors (Lipinski definition) is 8. The molecule has 0 amide bonds. The first-order valence-corrected chi connectivity index (χ1v) is 9.02. The predicted molar refractivity (Wildman–Crippen MR) is 108 cm³/mol. The van der Waals surface area contributed by atoms with Gasteiger partial charge in [0.2, 0.25) is 5.75 Å². The molecule has 8 nitrogen and oxygen atoms in total. The van der Waals surface area contributed by atoms with E-state index >= 15 is 0 Å². The zero-order chi connectivity index (χ0) is 20.2. The SMILES string of the molecule is COc1cc(Nc2ccnc(-c3ccc4c(c3)OCCO4)n2)cc(OC)c1OC. The molecule has 4 rings (SSSR count). The maximum atomic E-state index is 5.65. The summed E-state index contributed by atoms with van der Waals surface area (Å²) in [5, 5.41) is 3.25. The van der Waals surface area contributed by atoms with Crippen molar-refractivity contribution in [2.75, 3.05) is 39.9 Å². The van der Waals surface area contributed by atoms with Crippen molar-refractivity contribution in [3.63, 3.8) is 0 Å². The first-order valence-electron chi connectivity index (χ1n) is 9.02. The van der Waals surface area contributed by atoms with Crippen LogP contribution in [0.1, 0.15) is 0 Å². The van der Waals surface area contributed by atoms with E-state index in [4.69, 9.17) is 23.7 Å². The highest BCUT2D eigenvalue weighted by atomic mass is 16.6. The third kappa shape index (κ3) is 3.82. The van der Waals surface area contributed by atoms with Crippen LogP contribution in [0.15, 0.2) is 42.6 Å². The molecule has 8 heteroatoms. The van der Waals surface area contributed by atoms with Crippen LogP contribution in [0, 0.1) is 0 Å². The monoisotopic (exact) mass is 395 g/mol. The van der Waals surface area contributed by atoms with Crippen LogP contribution in [0.2, 0.25) is 0 Å².